The number of primary amides is 1. The van der Waals surface area contributed by atoms with Crippen LogP contribution in [-0.4, -0.2) is 49.6 Å². The number of amides is 2. The monoisotopic (exact) mass is 231 g/mol. The molecule has 0 saturated heterocycles. The van der Waals surface area contributed by atoms with Gasteiger partial charge in [0.2, 0.25) is 11.8 Å². The van der Waals surface area contributed by atoms with E-state index in [4.69, 9.17) is 16.2 Å². The fourth-order valence-electron chi connectivity index (χ4n) is 1.34. The summed E-state index contributed by atoms with van der Waals surface area (Å²) >= 11 is 0. The Morgan fingerprint density at radius 2 is 2.06 bits per heavy atom. The summed E-state index contributed by atoms with van der Waals surface area (Å²) in [7, 11) is 1.60. The third kappa shape index (κ3) is 5.67. The minimum Gasteiger partial charge on any atom is -0.385 e. The first-order valence-corrected chi connectivity index (χ1v) is 5.34. The Balaban J connectivity index is 4.11. The Morgan fingerprint density at radius 3 is 2.50 bits per heavy atom. The Bertz CT molecular complexity index is 233. The number of ether oxygens (including phenoxy) is 1. The normalized spacial score (nSPS) is 12.2. The molecule has 2 amide bonds. The van der Waals surface area contributed by atoms with Gasteiger partial charge in [0.05, 0.1) is 12.6 Å². The van der Waals surface area contributed by atoms with E-state index in [1.807, 2.05) is 0 Å². The van der Waals surface area contributed by atoms with E-state index < -0.39 is 11.9 Å². The molecule has 0 saturated carbocycles. The zero-order valence-corrected chi connectivity index (χ0v) is 9.94. The Kier molecular flexibility index (Phi) is 7.49. The molecule has 1 atom stereocenters. The minimum absolute atomic E-state index is 0.0761. The van der Waals surface area contributed by atoms with Crippen molar-refractivity contribution in [3.8, 4) is 0 Å². The van der Waals surface area contributed by atoms with Gasteiger partial charge in [-0.05, 0) is 19.8 Å². The first-order chi connectivity index (χ1) is 7.52. The molecule has 0 heterocycles. The smallest absolute Gasteiger partial charge is 0.239 e. The van der Waals surface area contributed by atoms with Gasteiger partial charge in [-0.1, -0.05) is 0 Å². The van der Waals surface area contributed by atoms with E-state index in [0.29, 0.717) is 19.6 Å². The fraction of sp³-hybridized carbons (Fsp3) is 0.800. The molecular formula is C10H21N3O3. The highest BCUT2D eigenvalue weighted by Crippen LogP contribution is 2.00. The zero-order valence-electron chi connectivity index (χ0n) is 9.94. The molecule has 0 fully saturated rings. The van der Waals surface area contributed by atoms with Crippen molar-refractivity contribution in [3.63, 3.8) is 0 Å². The lowest BCUT2D eigenvalue weighted by molar-refractivity contribution is -0.136. The number of nitrogens with two attached hydrogens (primary N) is 2. The highest BCUT2D eigenvalue weighted by molar-refractivity contribution is 5.86. The number of rotatable bonds is 8. The van der Waals surface area contributed by atoms with Gasteiger partial charge in [-0.25, -0.2) is 0 Å². The largest absolute Gasteiger partial charge is 0.385 e. The second-order valence-corrected chi connectivity index (χ2v) is 3.56. The molecule has 0 bridgehead atoms. The van der Waals surface area contributed by atoms with Crippen molar-refractivity contribution < 1.29 is 14.3 Å². The van der Waals surface area contributed by atoms with Gasteiger partial charge < -0.3 is 21.1 Å². The first kappa shape index (κ1) is 14.9. The van der Waals surface area contributed by atoms with Crippen LogP contribution in [0.3, 0.4) is 0 Å². The number of nitrogens with zero attached hydrogens (tertiary/aromatic N) is 1. The molecule has 0 aromatic rings. The second-order valence-electron chi connectivity index (χ2n) is 3.56. The predicted octanol–water partition coefficient (Wildman–Crippen LogP) is -0.926. The summed E-state index contributed by atoms with van der Waals surface area (Å²) in [5.41, 5.74) is 10.7. The number of hydrogen-bond donors (Lipinski definition) is 2. The summed E-state index contributed by atoms with van der Waals surface area (Å²) in [6, 6.07) is -0.588. The zero-order chi connectivity index (χ0) is 12.6. The van der Waals surface area contributed by atoms with Gasteiger partial charge in [0.15, 0.2) is 0 Å². The van der Waals surface area contributed by atoms with Gasteiger partial charge in [-0.3, -0.25) is 9.59 Å². The van der Waals surface area contributed by atoms with E-state index in [9.17, 15) is 9.59 Å². The van der Waals surface area contributed by atoms with Crippen LogP contribution in [0.15, 0.2) is 0 Å². The lowest BCUT2D eigenvalue weighted by Crippen LogP contribution is -2.47. The molecule has 0 aliphatic heterocycles. The van der Waals surface area contributed by atoms with Gasteiger partial charge in [-0.15, -0.1) is 0 Å². The van der Waals surface area contributed by atoms with E-state index in [1.165, 1.54) is 4.90 Å². The van der Waals surface area contributed by atoms with E-state index in [2.05, 4.69) is 0 Å². The van der Waals surface area contributed by atoms with Gasteiger partial charge in [0, 0.05) is 20.3 Å². The maximum Gasteiger partial charge on any atom is 0.239 e. The maximum atomic E-state index is 11.8. The third-order valence-corrected chi connectivity index (χ3v) is 2.22. The van der Waals surface area contributed by atoms with Crippen LogP contribution >= 0.6 is 0 Å². The van der Waals surface area contributed by atoms with Crippen LogP contribution in [0, 0.1) is 0 Å². The summed E-state index contributed by atoms with van der Waals surface area (Å²) < 4.78 is 4.87. The van der Waals surface area contributed by atoms with Crippen molar-refractivity contribution in [2.75, 3.05) is 26.8 Å². The van der Waals surface area contributed by atoms with Crippen molar-refractivity contribution in [1.29, 1.82) is 0 Å². The summed E-state index contributed by atoms with van der Waals surface area (Å²) in [5, 5.41) is 0. The predicted molar refractivity (Wildman–Crippen MR) is 60.5 cm³/mol. The number of carbonyl (C=O) groups is 2. The van der Waals surface area contributed by atoms with Crippen LogP contribution in [0.5, 0.6) is 0 Å². The molecule has 1 unspecified atom stereocenters. The van der Waals surface area contributed by atoms with Gasteiger partial charge in [-0.2, -0.15) is 0 Å². The van der Waals surface area contributed by atoms with Gasteiger partial charge in [0.1, 0.15) is 0 Å². The molecule has 0 aliphatic rings. The third-order valence-electron chi connectivity index (χ3n) is 2.22. The van der Waals surface area contributed by atoms with Crippen molar-refractivity contribution >= 4 is 11.8 Å². The lowest BCUT2D eigenvalue weighted by atomic mass is 10.1. The van der Waals surface area contributed by atoms with Crippen LogP contribution in [0.2, 0.25) is 0 Å². The molecule has 0 spiro atoms. The second kappa shape index (κ2) is 8.06. The van der Waals surface area contributed by atoms with E-state index in [1.54, 1.807) is 14.0 Å². The van der Waals surface area contributed by atoms with Crippen LogP contribution in [-0.2, 0) is 14.3 Å². The average Bonchev–Trinajstić information content (AvgIpc) is 2.24. The van der Waals surface area contributed by atoms with E-state index in [-0.39, 0.29) is 12.5 Å². The van der Waals surface area contributed by atoms with Gasteiger partial charge >= 0.3 is 0 Å². The van der Waals surface area contributed by atoms with Crippen LogP contribution in [0.4, 0.5) is 0 Å². The highest BCUT2D eigenvalue weighted by atomic mass is 16.5. The summed E-state index contributed by atoms with van der Waals surface area (Å²) in [6.07, 6.45) is 1.26. The molecular weight excluding hydrogens is 210 g/mol. The first-order valence-electron chi connectivity index (χ1n) is 5.34. The maximum absolute atomic E-state index is 11.8. The number of carbonyl (C=O) groups excluding carboxylic acids is 2. The van der Waals surface area contributed by atoms with Crippen molar-refractivity contribution in [3.05, 3.63) is 0 Å². The Labute approximate surface area is 95.9 Å². The molecule has 0 aliphatic carbocycles. The lowest BCUT2D eigenvalue weighted by Gasteiger charge is -2.22. The fourth-order valence-corrected chi connectivity index (χ4v) is 1.34. The molecule has 6 nitrogen and oxygen atoms in total. The molecule has 16 heavy (non-hydrogen) atoms. The molecule has 0 aromatic carbocycles. The highest BCUT2D eigenvalue weighted by Gasteiger charge is 2.20. The quantitative estimate of drug-likeness (QED) is 0.527. The topological polar surface area (TPSA) is 98.7 Å². The average molecular weight is 231 g/mol. The molecule has 4 N–H and O–H groups in total. The van der Waals surface area contributed by atoms with Gasteiger partial charge in [0.25, 0.3) is 0 Å². The Hall–Kier alpha value is -1.14. The number of likely N-dealkylation sites (N-methyl/N-ethyl adjacent to an activating group) is 1. The Morgan fingerprint density at radius 1 is 1.44 bits per heavy atom. The van der Waals surface area contributed by atoms with Crippen LogP contribution in [0.25, 0.3) is 0 Å². The molecule has 0 rings (SSSR count). The molecule has 6 heteroatoms. The van der Waals surface area contributed by atoms with Crippen LogP contribution in [0.1, 0.15) is 19.8 Å². The van der Waals surface area contributed by atoms with Crippen molar-refractivity contribution in [2.45, 2.75) is 25.8 Å². The summed E-state index contributed by atoms with van der Waals surface area (Å²) in [4.78, 5) is 23.8. The summed E-state index contributed by atoms with van der Waals surface area (Å²) in [5.74, 6) is -0.767. The van der Waals surface area contributed by atoms with E-state index >= 15 is 0 Å². The molecule has 94 valence electrons. The van der Waals surface area contributed by atoms with E-state index in [0.717, 1.165) is 6.42 Å². The standard InChI is InChI=1S/C10H21N3O3/c1-3-13(7-9(12)14)10(15)8(11)5-4-6-16-2/h8H,3-7,11H2,1-2H3,(H2,12,14). The molecule has 0 radical (unpaired) electrons. The number of methoxy groups -OCH3 is 1. The van der Waals surface area contributed by atoms with Crippen molar-refractivity contribution in [1.82, 2.24) is 4.90 Å². The SMILES string of the molecule is CCN(CC(N)=O)C(=O)C(N)CCCOC. The number of hydrogen-bond acceptors (Lipinski definition) is 4. The van der Waals surface area contributed by atoms with Crippen molar-refractivity contribution in [2.24, 2.45) is 11.5 Å². The van der Waals surface area contributed by atoms with Crippen LogP contribution < -0.4 is 11.5 Å². The summed E-state index contributed by atoms with van der Waals surface area (Å²) in [6.45, 7) is 2.71. The minimum atomic E-state index is -0.588. The molecule has 0 aromatic heterocycles.